The van der Waals surface area contributed by atoms with Gasteiger partial charge in [0.15, 0.2) is 0 Å². The maximum absolute atomic E-state index is 11.7. The van der Waals surface area contributed by atoms with Crippen LogP contribution in [-0.4, -0.2) is 102 Å². The highest BCUT2D eigenvalue weighted by molar-refractivity contribution is 5.77. The van der Waals surface area contributed by atoms with E-state index in [-0.39, 0.29) is 19.2 Å². The Morgan fingerprint density at radius 1 is 0.595 bits per heavy atom. The van der Waals surface area contributed by atoms with Gasteiger partial charge in [-0.25, -0.2) is 4.79 Å². The first-order valence-corrected chi connectivity index (χ1v) is 13.6. The molecule has 0 saturated carbocycles. The molecule has 11 heteroatoms. The van der Waals surface area contributed by atoms with E-state index < -0.39 is 18.5 Å². The molecule has 11 nitrogen and oxygen atoms in total. The van der Waals surface area contributed by atoms with Gasteiger partial charge in [0.1, 0.15) is 19.8 Å². The zero-order valence-electron chi connectivity index (χ0n) is 22.7. The Bertz CT molecular complexity index is 547. The number of ether oxygens (including phenoxy) is 6. The Balaban J connectivity index is 3.20. The molecular weight excluding hydrogens is 486 g/mol. The Morgan fingerprint density at radius 2 is 1.08 bits per heavy atom. The van der Waals surface area contributed by atoms with Crippen molar-refractivity contribution in [1.82, 2.24) is 5.32 Å². The van der Waals surface area contributed by atoms with Gasteiger partial charge in [0.05, 0.1) is 52.9 Å². The normalized spacial score (nSPS) is 10.9. The second kappa shape index (κ2) is 28.8. The highest BCUT2D eigenvalue weighted by Crippen LogP contribution is 2.10. The molecule has 0 aromatic carbocycles. The number of carbonyl (C=O) groups excluding carboxylic acids is 2. The van der Waals surface area contributed by atoms with Gasteiger partial charge in [-0.15, -0.1) is 0 Å². The van der Waals surface area contributed by atoms with E-state index in [0.29, 0.717) is 65.8 Å². The molecule has 0 heterocycles. The molecule has 0 aliphatic heterocycles. The molecule has 0 saturated heterocycles. The number of hydrogen-bond donors (Lipinski definition) is 2. The molecule has 0 atom stereocenters. The number of hydrogen-bond acceptors (Lipinski definition) is 9. The molecule has 1 amide bonds. The molecule has 218 valence electrons. The summed E-state index contributed by atoms with van der Waals surface area (Å²) in [6, 6.07) is 0. The van der Waals surface area contributed by atoms with Crippen LogP contribution in [0.15, 0.2) is 0 Å². The molecule has 0 aliphatic rings. The van der Waals surface area contributed by atoms with Crippen molar-refractivity contribution in [1.29, 1.82) is 0 Å². The minimum absolute atomic E-state index is 0.156. The van der Waals surface area contributed by atoms with Gasteiger partial charge in [-0.3, -0.25) is 9.59 Å². The molecule has 0 spiro atoms. The fraction of sp³-hybridized carbons (Fsp3) is 0.885. The molecule has 0 fully saturated rings. The monoisotopic (exact) mass is 535 g/mol. The second-order valence-corrected chi connectivity index (χ2v) is 8.48. The lowest BCUT2D eigenvalue weighted by Gasteiger charge is -2.08. The van der Waals surface area contributed by atoms with E-state index in [9.17, 15) is 14.4 Å². The summed E-state index contributed by atoms with van der Waals surface area (Å²) < 4.78 is 31.3. The number of amides is 1. The van der Waals surface area contributed by atoms with E-state index in [1.54, 1.807) is 0 Å². The summed E-state index contributed by atoms with van der Waals surface area (Å²) in [5.41, 5.74) is 0. The van der Waals surface area contributed by atoms with Crippen molar-refractivity contribution in [3.63, 3.8) is 0 Å². The molecule has 0 unspecified atom stereocenters. The summed E-state index contributed by atoms with van der Waals surface area (Å²) in [5.74, 6) is -1.67. The first-order valence-electron chi connectivity index (χ1n) is 13.6. The predicted molar refractivity (Wildman–Crippen MR) is 138 cm³/mol. The van der Waals surface area contributed by atoms with Gasteiger partial charge >= 0.3 is 11.9 Å². The number of carbonyl (C=O) groups is 3. The topological polar surface area (TPSA) is 139 Å². The molecule has 0 aromatic heterocycles. The van der Waals surface area contributed by atoms with Crippen molar-refractivity contribution >= 4 is 17.8 Å². The van der Waals surface area contributed by atoms with Gasteiger partial charge in [-0.2, -0.15) is 0 Å². The number of esters is 1. The fourth-order valence-corrected chi connectivity index (χ4v) is 3.17. The molecule has 0 rings (SSSR count). The van der Waals surface area contributed by atoms with Crippen molar-refractivity contribution in [3.8, 4) is 0 Å². The lowest BCUT2D eigenvalue weighted by atomic mass is 10.1. The van der Waals surface area contributed by atoms with E-state index in [1.807, 2.05) is 0 Å². The number of carboxylic acids is 1. The molecule has 0 bridgehead atoms. The van der Waals surface area contributed by atoms with Crippen LogP contribution in [0.3, 0.4) is 0 Å². The van der Waals surface area contributed by atoms with Crippen LogP contribution in [0.5, 0.6) is 0 Å². The average molecular weight is 536 g/mol. The van der Waals surface area contributed by atoms with Crippen LogP contribution in [-0.2, 0) is 42.8 Å². The van der Waals surface area contributed by atoms with Gasteiger partial charge < -0.3 is 38.8 Å². The third-order valence-electron chi connectivity index (χ3n) is 5.12. The van der Waals surface area contributed by atoms with Crippen LogP contribution in [0, 0.1) is 0 Å². The van der Waals surface area contributed by atoms with Crippen LogP contribution in [0.25, 0.3) is 0 Å². The van der Waals surface area contributed by atoms with Gasteiger partial charge in [-0.1, -0.05) is 58.3 Å². The number of unbranched alkanes of at least 4 members (excludes halogenated alkanes) is 8. The molecular formula is C26H49NO10. The summed E-state index contributed by atoms with van der Waals surface area (Å²) >= 11 is 0. The summed E-state index contributed by atoms with van der Waals surface area (Å²) in [7, 11) is 0. The van der Waals surface area contributed by atoms with E-state index in [4.69, 9.17) is 28.8 Å². The second-order valence-electron chi connectivity index (χ2n) is 8.48. The molecule has 0 aliphatic carbocycles. The van der Waals surface area contributed by atoms with Crippen LogP contribution < -0.4 is 5.32 Å². The average Bonchev–Trinajstić information content (AvgIpc) is 2.87. The van der Waals surface area contributed by atoms with Crippen molar-refractivity contribution in [2.24, 2.45) is 0 Å². The van der Waals surface area contributed by atoms with Gasteiger partial charge in [0, 0.05) is 13.0 Å². The standard InChI is InChI=1S/C26H49NO10/c1-2-3-4-5-6-7-8-9-10-11-26(31)37-21-20-35-19-18-34-17-16-33-15-14-32-13-12-27-24(28)22-36-23-25(29)30/h2-23H2,1H3,(H,27,28)(H,29,30). The van der Waals surface area contributed by atoms with E-state index in [1.165, 1.54) is 44.9 Å². The summed E-state index contributed by atoms with van der Waals surface area (Å²) in [5, 5.41) is 10.9. The third kappa shape index (κ3) is 30.3. The maximum atomic E-state index is 11.7. The van der Waals surface area contributed by atoms with Crippen LogP contribution in [0.1, 0.15) is 71.1 Å². The zero-order chi connectivity index (χ0) is 27.2. The van der Waals surface area contributed by atoms with E-state index >= 15 is 0 Å². The smallest absolute Gasteiger partial charge is 0.329 e. The van der Waals surface area contributed by atoms with Gasteiger partial charge in [-0.05, 0) is 6.42 Å². The molecule has 0 aromatic rings. The number of aliphatic carboxylic acids is 1. The predicted octanol–water partition coefficient (Wildman–Crippen LogP) is 2.73. The largest absolute Gasteiger partial charge is 0.480 e. The molecule has 2 N–H and O–H groups in total. The Kier molecular flexibility index (Phi) is 27.4. The van der Waals surface area contributed by atoms with Crippen molar-refractivity contribution < 1.29 is 47.9 Å². The zero-order valence-corrected chi connectivity index (χ0v) is 22.7. The van der Waals surface area contributed by atoms with Gasteiger partial charge in [0.25, 0.3) is 0 Å². The first-order chi connectivity index (χ1) is 18.1. The minimum atomic E-state index is -1.12. The lowest BCUT2D eigenvalue weighted by molar-refractivity contribution is -0.146. The van der Waals surface area contributed by atoms with Crippen molar-refractivity contribution in [3.05, 3.63) is 0 Å². The number of nitrogens with one attached hydrogen (secondary N) is 1. The van der Waals surface area contributed by atoms with Crippen LogP contribution in [0.4, 0.5) is 0 Å². The lowest BCUT2D eigenvalue weighted by Crippen LogP contribution is -2.31. The van der Waals surface area contributed by atoms with E-state index in [0.717, 1.165) is 12.8 Å². The SMILES string of the molecule is CCCCCCCCCCCC(=O)OCCOCCOCCOCCOCCNC(=O)COCC(=O)O. The molecule has 0 radical (unpaired) electrons. The number of carboxylic acid groups (broad SMARTS) is 1. The summed E-state index contributed by atoms with van der Waals surface area (Å²) in [4.78, 5) is 33.3. The fourth-order valence-electron chi connectivity index (χ4n) is 3.17. The van der Waals surface area contributed by atoms with Crippen LogP contribution in [0.2, 0.25) is 0 Å². The highest BCUT2D eigenvalue weighted by Gasteiger charge is 2.04. The van der Waals surface area contributed by atoms with Crippen molar-refractivity contribution in [2.75, 3.05) is 79.2 Å². The third-order valence-corrected chi connectivity index (χ3v) is 5.12. The maximum Gasteiger partial charge on any atom is 0.329 e. The van der Waals surface area contributed by atoms with Crippen LogP contribution >= 0.6 is 0 Å². The highest BCUT2D eigenvalue weighted by atomic mass is 16.6. The molecule has 37 heavy (non-hydrogen) atoms. The minimum Gasteiger partial charge on any atom is -0.480 e. The first kappa shape index (κ1) is 35.2. The Labute approximate surface area is 221 Å². The summed E-state index contributed by atoms with van der Waals surface area (Å²) in [6.45, 7) is 5.17. The summed E-state index contributed by atoms with van der Waals surface area (Å²) in [6.07, 6.45) is 11.5. The van der Waals surface area contributed by atoms with Gasteiger partial charge in [0.2, 0.25) is 5.91 Å². The Morgan fingerprint density at radius 3 is 1.62 bits per heavy atom. The Hall–Kier alpha value is -1.79. The van der Waals surface area contributed by atoms with E-state index in [2.05, 4.69) is 17.0 Å². The van der Waals surface area contributed by atoms with Crippen molar-refractivity contribution in [2.45, 2.75) is 71.1 Å². The quantitative estimate of drug-likeness (QED) is 0.109. The number of rotatable bonds is 29.